The van der Waals surface area contributed by atoms with E-state index < -0.39 is 5.97 Å². The molecule has 0 spiro atoms. The average molecular weight is 355 g/mol. The molecule has 26 heavy (non-hydrogen) atoms. The Morgan fingerprint density at radius 2 is 2.12 bits per heavy atom. The van der Waals surface area contributed by atoms with Crippen molar-refractivity contribution in [2.75, 3.05) is 20.3 Å². The van der Waals surface area contributed by atoms with Crippen molar-refractivity contribution in [2.24, 2.45) is 0 Å². The third kappa shape index (κ3) is 4.23. The van der Waals surface area contributed by atoms with Gasteiger partial charge in [-0.1, -0.05) is 38.1 Å². The van der Waals surface area contributed by atoms with Crippen LogP contribution in [0.2, 0.25) is 0 Å². The molecule has 1 aromatic rings. The number of hydrogen-bond donors (Lipinski definition) is 0. The monoisotopic (exact) mass is 355 g/mol. The Kier molecular flexibility index (Phi) is 6.78. The van der Waals surface area contributed by atoms with Gasteiger partial charge in [-0.15, -0.1) is 0 Å². The molecule has 0 bridgehead atoms. The van der Waals surface area contributed by atoms with Crippen LogP contribution in [0, 0.1) is 0 Å². The number of methoxy groups -OCH3 is 1. The summed E-state index contributed by atoms with van der Waals surface area (Å²) in [6, 6.07) is 7.36. The molecular weight excluding hydrogens is 330 g/mol. The minimum absolute atomic E-state index is 0.172. The van der Waals surface area contributed by atoms with E-state index in [0.29, 0.717) is 35.7 Å². The highest BCUT2D eigenvalue weighted by molar-refractivity contribution is 6.16. The summed E-state index contributed by atoms with van der Waals surface area (Å²) in [5.41, 5.74) is 2.10. The Balaban J connectivity index is 2.41. The number of allylic oxidation sites excluding steroid dienone is 1. The van der Waals surface area contributed by atoms with Gasteiger partial charge < -0.3 is 14.4 Å². The van der Waals surface area contributed by atoms with Crippen molar-refractivity contribution in [3.05, 3.63) is 59.3 Å². The number of ether oxygens (including phenoxy) is 2. The Labute approximate surface area is 154 Å². The fourth-order valence-corrected chi connectivity index (χ4v) is 2.83. The summed E-state index contributed by atoms with van der Waals surface area (Å²) < 4.78 is 10.4. The van der Waals surface area contributed by atoms with Gasteiger partial charge in [-0.2, -0.15) is 0 Å². The molecule has 5 nitrogen and oxygen atoms in total. The standard InChI is InChI=1S/C21H25NO4/c1-5-7-11-22-15(3)19(21(24)25-4)18(20(22)23)14-16-9-8-10-17(13-16)26-12-6-2/h6,8-10,13-14H,2,5,7,11-12H2,1,3-4H3/b18-14-. The molecule has 5 heteroatoms. The maximum Gasteiger partial charge on any atom is 0.340 e. The first-order valence-electron chi connectivity index (χ1n) is 8.70. The van der Waals surface area contributed by atoms with Gasteiger partial charge in [0.05, 0.1) is 18.3 Å². The van der Waals surface area contributed by atoms with E-state index in [-0.39, 0.29) is 5.91 Å². The van der Waals surface area contributed by atoms with Gasteiger partial charge in [-0.25, -0.2) is 4.79 Å². The van der Waals surface area contributed by atoms with Crippen molar-refractivity contribution >= 4 is 18.0 Å². The van der Waals surface area contributed by atoms with Crippen molar-refractivity contribution in [2.45, 2.75) is 26.7 Å². The highest BCUT2D eigenvalue weighted by Crippen LogP contribution is 2.32. The molecule has 0 N–H and O–H groups in total. The fraction of sp³-hybridized carbons (Fsp3) is 0.333. The largest absolute Gasteiger partial charge is 0.490 e. The predicted octanol–water partition coefficient (Wildman–Crippen LogP) is 3.72. The predicted molar refractivity (Wildman–Crippen MR) is 101 cm³/mol. The second-order valence-corrected chi connectivity index (χ2v) is 5.99. The number of rotatable bonds is 8. The van der Waals surface area contributed by atoms with Crippen LogP contribution < -0.4 is 4.74 Å². The van der Waals surface area contributed by atoms with Crippen LogP contribution in [0.25, 0.3) is 6.08 Å². The van der Waals surface area contributed by atoms with E-state index >= 15 is 0 Å². The van der Waals surface area contributed by atoms with Crippen molar-refractivity contribution in [1.82, 2.24) is 4.90 Å². The van der Waals surface area contributed by atoms with Gasteiger partial charge >= 0.3 is 5.97 Å². The highest BCUT2D eigenvalue weighted by Gasteiger charge is 2.36. The molecule has 0 fully saturated rings. The van der Waals surface area contributed by atoms with Crippen molar-refractivity contribution < 1.29 is 19.1 Å². The SMILES string of the molecule is C=CCOc1cccc(/C=C2\C(=O)N(CCCC)C(C)=C2C(=O)OC)c1. The second-order valence-electron chi connectivity index (χ2n) is 5.99. The highest BCUT2D eigenvalue weighted by atomic mass is 16.5. The van der Waals surface area contributed by atoms with Gasteiger partial charge in [0.2, 0.25) is 0 Å². The molecule has 0 saturated carbocycles. The van der Waals surface area contributed by atoms with Crippen LogP contribution in [-0.4, -0.2) is 37.0 Å². The summed E-state index contributed by atoms with van der Waals surface area (Å²) in [6.07, 6.45) is 5.21. The maximum absolute atomic E-state index is 12.9. The van der Waals surface area contributed by atoms with E-state index in [0.717, 1.165) is 18.4 Å². The molecule has 138 valence electrons. The molecule has 0 saturated heterocycles. The summed E-state index contributed by atoms with van der Waals surface area (Å²) >= 11 is 0. The lowest BCUT2D eigenvalue weighted by molar-refractivity contribution is -0.136. The summed E-state index contributed by atoms with van der Waals surface area (Å²) in [4.78, 5) is 26.8. The number of benzene rings is 1. The van der Waals surface area contributed by atoms with Crippen LogP contribution in [0.5, 0.6) is 5.75 Å². The molecule has 0 atom stereocenters. The van der Waals surface area contributed by atoms with Crippen LogP contribution >= 0.6 is 0 Å². The minimum atomic E-state index is -0.500. The summed E-state index contributed by atoms with van der Waals surface area (Å²) in [6.45, 7) is 8.45. The maximum atomic E-state index is 12.9. The number of hydrogen-bond acceptors (Lipinski definition) is 4. The van der Waals surface area contributed by atoms with Gasteiger partial charge in [0, 0.05) is 12.2 Å². The van der Waals surface area contributed by atoms with Crippen LogP contribution in [-0.2, 0) is 14.3 Å². The Bertz CT molecular complexity index is 761. The molecular formula is C21H25NO4. The van der Waals surface area contributed by atoms with E-state index in [9.17, 15) is 9.59 Å². The summed E-state index contributed by atoms with van der Waals surface area (Å²) in [5.74, 6) is 0.00165. The molecule has 1 heterocycles. The fourth-order valence-electron chi connectivity index (χ4n) is 2.83. The molecule has 1 aliphatic rings. The first kappa shape index (κ1) is 19.5. The smallest absolute Gasteiger partial charge is 0.340 e. The molecule has 1 amide bonds. The molecule has 0 aliphatic carbocycles. The number of amides is 1. The topological polar surface area (TPSA) is 55.8 Å². The van der Waals surface area contributed by atoms with Crippen molar-refractivity contribution in [1.29, 1.82) is 0 Å². The van der Waals surface area contributed by atoms with Crippen molar-refractivity contribution in [3.63, 3.8) is 0 Å². The quantitative estimate of drug-likeness (QED) is 0.405. The Morgan fingerprint density at radius 3 is 2.77 bits per heavy atom. The number of carbonyl (C=O) groups is 2. The normalized spacial score (nSPS) is 15.6. The Morgan fingerprint density at radius 1 is 1.35 bits per heavy atom. The first-order chi connectivity index (χ1) is 12.5. The van der Waals surface area contributed by atoms with E-state index in [1.165, 1.54) is 7.11 Å². The third-order valence-electron chi connectivity index (χ3n) is 4.17. The van der Waals surface area contributed by atoms with Gasteiger partial charge in [0.15, 0.2) is 0 Å². The van der Waals surface area contributed by atoms with Gasteiger partial charge in [-0.05, 0) is 37.1 Å². The lowest BCUT2D eigenvalue weighted by Gasteiger charge is -2.17. The van der Waals surface area contributed by atoms with Gasteiger partial charge in [0.1, 0.15) is 12.4 Å². The van der Waals surface area contributed by atoms with E-state index in [2.05, 4.69) is 13.5 Å². The average Bonchev–Trinajstić information content (AvgIpc) is 2.88. The number of esters is 1. The van der Waals surface area contributed by atoms with Gasteiger partial charge in [0.25, 0.3) is 5.91 Å². The number of unbranched alkanes of at least 4 members (excludes halogenated alkanes) is 1. The minimum Gasteiger partial charge on any atom is -0.490 e. The van der Waals surface area contributed by atoms with Crippen LogP contribution in [0.15, 0.2) is 53.8 Å². The lowest BCUT2D eigenvalue weighted by Crippen LogP contribution is -2.26. The first-order valence-corrected chi connectivity index (χ1v) is 8.70. The molecule has 0 aromatic heterocycles. The van der Waals surface area contributed by atoms with Crippen LogP contribution in [0.3, 0.4) is 0 Å². The number of nitrogens with zero attached hydrogens (tertiary/aromatic N) is 1. The van der Waals surface area contributed by atoms with Gasteiger partial charge in [-0.3, -0.25) is 4.79 Å². The van der Waals surface area contributed by atoms with Crippen molar-refractivity contribution in [3.8, 4) is 5.75 Å². The van der Waals surface area contributed by atoms with E-state index in [4.69, 9.17) is 9.47 Å². The Hall–Kier alpha value is -2.82. The van der Waals surface area contributed by atoms with Crippen LogP contribution in [0.4, 0.5) is 0 Å². The van der Waals surface area contributed by atoms with E-state index in [1.54, 1.807) is 24.0 Å². The zero-order chi connectivity index (χ0) is 19.1. The zero-order valence-corrected chi connectivity index (χ0v) is 15.6. The molecule has 2 rings (SSSR count). The zero-order valence-electron chi connectivity index (χ0n) is 15.6. The summed E-state index contributed by atoms with van der Waals surface area (Å²) in [7, 11) is 1.32. The molecule has 0 radical (unpaired) electrons. The molecule has 0 unspecified atom stereocenters. The second kappa shape index (κ2) is 9.04. The number of carbonyl (C=O) groups excluding carboxylic acids is 2. The molecule has 1 aliphatic heterocycles. The molecule has 1 aromatic carbocycles. The lowest BCUT2D eigenvalue weighted by atomic mass is 10.0. The third-order valence-corrected chi connectivity index (χ3v) is 4.17. The van der Waals surface area contributed by atoms with E-state index in [1.807, 2.05) is 24.3 Å². The van der Waals surface area contributed by atoms with Crippen LogP contribution in [0.1, 0.15) is 32.3 Å². The summed E-state index contributed by atoms with van der Waals surface area (Å²) in [5, 5.41) is 0.